The summed E-state index contributed by atoms with van der Waals surface area (Å²) in [4.78, 5) is 0. The lowest BCUT2D eigenvalue weighted by atomic mass is 10.0. The van der Waals surface area contributed by atoms with E-state index < -0.39 is 0 Å². The minimum Gasteiger partial charge on any atom is -0.311 e. The standard InChI is InChI=1S/C19H24ClN/c1-15(8-9-17-6-4-3-5-7-17)21-16(2)14-18-10-12-19(20)13-11-18/h3-7,10-13,15-16,21H,8-9,14H2,1-2H3. The molecule has 2 aromatic rings. The first-order valence-corrected chi connectivity index (χ1v) is 8.05. The van der Waals surface area contributed by atoms with Crippen molar-refractivity contribution in [2.45, 2.75) is 45.2 Å². The van der Waals surface area contributed by atoms with Gasteiger partial charge in [0.1, 0.15) is 0 Å². The highest BCUT2D eigenvalue weighted by Crippen LogP contribution is 2.12. The highest BCUT2D eigenvalue weighted by atomic mass is 35.5. The molecule has 112 valence electrons. The molecule has 0 aliphatic heterocycles. The van der Waals surface area contributed by atoms with E-state index >= 15 is 0 Å². The van der Waals surface area contributed by atoms with E-state index in [9.17, 15) is 0 Å². The summed E-state index contributed by atoms with van der Waals surface area (Å²) in [5.41, 5.74) is 2.74. The van der Waals surface area contributed by atoms with Crippen LogP contribution in [0.1, 0.15) is 31.4 Å². The van der Waals surface area contributed by atoms with Crippen molar-refractivity contribution in [3.05, 3.63) is 70.7 Å². The fraction of sp³-hybridized carbons (Fsp3) is 0.368. The van der Waals surface area contributed by atoms with Crippen molar-refractivity contribution in [2.24, 2.45) is 0 Å². The van der Waals surface area contributed by atoms with Gasteiger partial charge in [-0.25, -0.2) is 0 Å². The van der Waals surface area contributed by atoms with Crippen LogP contribution in [0, 0.1) is 0 Å². The quantitative estimate of drug-likeness (QED) is 0.768. The zero-order valence-electron chi connectivity index (χ0n) is 12.9. The summed E-state index contributed by atoms with van der Waals surface area (Å²) >= 11 is 5.92. The number of aryl methyl sites for hydroxylation is 1. The predicted molar refractivity (Wildman–Crippen MR) is 92.0 cm³/mol. The summed E-state index contributed by atoms with van der Waals surface area (Å²) in [6, 6.07) is 19.8. The smallest absolute Gasteiger partial charge is 0.0406 e. The number of nitrogens with one attached hydrogen (secondary N) is 1. The lowest BCUT2D eigenvalue weighted by molar-refractivity contribution is 0.444. The molecule has 0 heterocycles. The van der Waals surface area contributed by atoms with E-state index in [1.807, 2.05) is 12.1 Å². The van der Waals surface area contributed by atoms with E-state index in [-0.39, 0.29) is 0 Å². The molecule has 21 heavy (non-hydrogen) atoms. The molecule has 2 unspecified atom stereocenters. The van der Waals surface area contributed by atoms with Crippen LogP contribution in [0.2, 0.25) is 5.02 Å². The second kappa shape index (κ2) is 8.21. The molecule has 1 N–H and O–H groups in total. The van der Waals surface area contributed by atoms with E-state index in [1.165, 1.54) is 11.1 Å². The minimum absolute atomic E-state index is 0.469. The summed E-state index contributed by atoms with van der Waals surface area (Å²) < 4.78 is 0. The molecule has 0 saturated carbocycles. The third kappa shape index (κ3) is 5.91. The number of hydrogen-bond donors (Lipinski definition) is 1. The van der Waals surface area contributed by atoms with Crippen molar-refractivity contribution in [1.29, 1.82) is 0 Å². The van der Waals surface area contributed by atoms with E-state index in [0.29, 0.717) is 12.1 Å². The van der Waals surface area contributed by atoms with Gasteiger partial charge in [-0.2, -0.15) is 0 Å². The van der Waals surface area contributed by atoms with E-state index in [1.54, 1.807) is 0 Å². The molecule has 2 aromatic carbocycles. The minimum atomic E-state index is 0.469. The summed E-state index contributed by atoms with van der Waals surface area (Å²) in [6.07, 6.45) is 3.32. The van der Waals surface area contributed by atoms with E-state index in [4.69, 9.17) is 11.6 Å². The average molecular weight is 302 g/mol. The topological polar surface area (TPSA) is 12.0 Å². The molecule has 0 fully saturated rings. The molecule has 2 atom stereocenters. The molecule has 2 rings (SSSR count). The fourth-order valence-electron chi connectivity index (χ4n) is 2.63. The molecule has 2 heteroatoms. The van der Waals surface area contributed by atoms with Crippen LogP contribution in [0.15, 0.2) is 54.6 Å². The Hall–Kier alpha value is -1.31. The monoisotopic (exact) mass is 301 g/mol. The van der Waals surface area contributed by atoms with Gasteiger partial charge in [0.05, 0.1) is 0 Å². The maximum Gasteiger partial charge on any atom is 0.0406 e. The van der Waals surface area contributed by atoms with Gasteiger partial charge in [-0.05, 0) is 56.4 Å². The summed E-state index contributed by atoms with van der Waals surface area (Å²) in [5.74, 6) is 0. The molecule has 0 aliphatic carbocycles. The van der Waals surface area contributed by atoms with Crippen LogP contribution in [0.25, 0.3) is 0 Å². The molecule has 0 aromatic heterocycles. The second-order valence-electron chi connectivity index (χ2n) is 5.82. The Morgan fingerprint density at radius 2 is 1.52 bits per heavy atom. The fourth-order valence-corrected chi connectivity index (χ4v) is 2.76. The normalized spacial score (nSPS) is 13.9. The summed E-state index contributed by atoms with van der Waals surface area (Å²) in [5, 5.41) is 4.48. The van der Waals surface area contributed by atoms with Crippen molar-refractivity contribution < 1.29 is 0 Å². The van der Waals surface area contributed by atoms with Gasteiger partial charge in [-0.3, -0.25) is 0 Å². The molecule has 0 amide bonds. The van der Waals surface area contributed by atoms with Gasteiger partial charge in [0, 0.05) is 17.1 Å². The lowest BCUT2D eigenvalue weighted by Crippen LogP contribution is -2.36. The van der Waals surface area contributed by atoms with Gasteiger partial charge in [0.25, 0.3) is 0 Å². The third-order valence-corrected chi connectivity index (χ3v) is 3.99. The maximum atomic E-state index is 5.92. The third-order valence-electron chi connectivity index (χ3n) is 3.73. The van der Waals surface area contributed by atoms with Crippen LogP contribution in [-0.2, 0) is 12.8 Å². The molecule has 0 spiro atoms. The van der Waals surface area contributed by atoms with Crippen LogP contribution in [0.4, 0.5) is 0 Å². The predicted octanol–water partition coefficient (Wildman–Crippen LogP) is 4.88. The van der Waals surface area contributed by atoms with E-state index in [0.717, 1.165) is 24.3 Å². The largest absolute Gasteiger partial charge is 0.311 e. The van der Waals surface area contributed by atoms with Crippen molar-refractivity contribution in [2.75, 3.05) is 0 Å². The van der Waals surface area contributed by atoms with Crippen molar-refractivity contribution in [3.8, 4) is 0 Å². The van der Waals surface area contributed by atoms with Gasteiger partial charge in [-0.1, -0.05) is 54.1 Å². The molecule has 0 aliphatic rings. The Balaban J connectivity index is 1.74. The Labute approximate surface area is 133 Å². The molecule has 0 saturated heterocycles. The second-order valence-corrected chi connectivity index (χ2v) is 6.26. The van der Waals surface area contributed by atoms with Gasteiger partial charge in [-0.15, -0.1) is 0 Å². The summed E-state index contributed by atoms with van der Waals surface area (Å²) in [7, 11) is 0. The van der Waals surface area contributed by atoms with Gasteiger partial charge in [0.2, 0.25) is 0 Å². The zero-order chi connectivity index (χ0) is 15.1. The van der Waals surface area contributed by atoms with Gasteiger partial charge < -0.3 is 5.32 Å². The highest BCUT2D eigenvalue weighted by molar-refractivity contribution is 6.30. The zero-order valence-corrected chi connectivity index (χ0v) is 13.6. The lowest BCUT2D eigenvalue weighted by Gasteiger charge is -2.20. The Bertz CT molecular complexity index is 521. The molecule has 0 bridgehead atoms. The SMILES string of the molecule is CC(CCc1ccccc1)NC(C)Cc1ccc(Cl)cc1. The molecule has 0 radical (unpaired) electrons. The average Bonchev–Trinajstić information content (AvgIpc) is 2.48. The number of hydrogen-bond acceptors (Lipinski definition) is 1. The Morgan fingerprint density at radius 1 is 0.857 bits per heavy atom. The number of rotatable bonds is 7. The first-order valence-electron chi connectivity index (χ1n) is 7.68. The Kier molecular flexibility index (Phi) is 6.28. The maximum absolute atomic E-state index is 5.92. The van der Waals surface area contributed by atoms with Crippen molar-refractivity contribution in [1.82, 2.24) is 5.32 Å². The van der Waals surface area contributed by atoms with E-state index in [2.05, 4.69) is 61.6 Å². The van der Waals surface area contributed by atoms with Crippen LogP contribution in [-0.4, -0.2) is 12.1 Å². The van der Waals surface area contributed by atoms with Crippen LogP contribution >= 0.6 is 11.6 Å². The first-order chi connectivity index (χ1) is 10.1. The number of benzene rings is 2. The molecular weight excluding hydrogens is 278 g/mol. The highest BCUT2D eigenvalue weighted by Gasteiger charge is 2.08. The van der Waals surface area contributed by atoms with Crippen LogP contribution in [0.3, 0.4) is 0 Å². The van der Waals surface area contributed by atoms with Crippen LogP contribution < -0.4 is 5.32 Å². The van der Waals surface area contributed by atoms with Gasteiger partial charge >= 0.3 is 0 Å². The Morgan fingerprint density at radius 3 is 2.19 bits per heavy atom. The van der Waals surface area contributed by atoms with Crippen molar-refractivity contribution in [3.63, 3.8) is 0 Å². The number of halogens is 1. The van der Waals surface area contributed by atoms with Crippen molar-refractivity contribution >= 4 is 11.6 Å². The molecular formula is C19H24ClN. The van der Waals surface area contributed by atoms with Gasteiger partial charge in [0.15, 0.2) is 0 Å². The molecule has 1 nitrogen and oxygen atoms in total. The summed E-state index contributed by atoms with van der Waals surface area (Å²) in [6.45, 7) is 4.51. The first kappa shape index (κ1) is 16.1. The van der Waals surface area contributed by atoms with Crippen LogP contribution in [0.5, 0.6) is 0 Å².